The van der Waals surface area contributed by atoms with Crippen molar-refractivity contribution in [1.82, 2.24) is 19.7 Å². The zero-order valence-corrected chi connectivity index (χ0v) is 21.8. The number of fused-ring (bicyclic) bond motifs is 4. The van der Waals surface area contributed by atoms with Gasteiger partial charge in [-0.15, -0.1) is 0 Å². The first-order valence-electron chi connectivity index (χ1n) is 13.6. The molecule has 3 aliphatic heterocycles. The number of piperazine rings is 1. The highest BCUT2D eigenvalue weighted by molar-refractivity contribution is 5.97. The number of carbonyl (C=O) groups is 2. The zero-order valence-electron chi connectivity index (χ0n) is 21.8. The van der Waals surface area contributed by atoms with Gasteiger partial charge in [0.25, 0.3) is 0 Å². The van der Waals surface area contributed by atoms with Crippen LogP contribution in [0.4, 0.5) is 0 Å². The number of benzene rings is 2. The van der Waals surface area contributed by atoms with E-state index < -0.39 is 6.04 Å². The molecule has 7 nitrogen and oxygen atoms in total. The molecule has 2 amide bonds. The fourth-order valence-corrected chi connectivity index (χ4v) is 6.23. The number of carbonyl (C=O) groups excluding carboxylic acids is 2. The third-order valence-electron chi connectivity index (χ3n) is 8.27. The monoisotopic (exact) mass is 500 g/mol. The molecule has 37 heavy (non-hydrogen) atoms. The van der Waals surface area contributed by atoms with Crippen molar-refractivity contribution >= 4 is 22.7 Å². The summed E-state index contributed by atoms with van der Waals surface area (Å²) in [7, 11) is 0. The zero-order chi connectivity index (χ0) is 25.5. The molecule has 0 bridgehead atoms. The number of nitrogens with zero attached hydrogens (tertiary/aromatic N) is 3. The highest BCUT2D eigenvalue weighted by Crippen LogP contribution is 2.42. The van der Waals surface area contributed by atoms with Gasteiger partial charge in [-0.3, -0.25) is 14.5 Å². The quantitative estimate of drug-likeness (QED) is 0.561. The van der Waals surface area contributed by atoms with Gasteiger partial charge in [0.2, 0.25) is 11.8 Å². The summed E-state index contributed by atoms with van der Waals surface area (Å²) in [5, 5.41) is 1.14. The van der Waals surface area contributed by atoms with Crippen LogP contribution in [-0.2, 0) is 20.7 Å². The minimum Gasteiger partial charge on any atom is -0.379 e. The van der Waals surface area contributed by atoms with Crippen LogP contribution in [-0.4, -0.2) is 83.5 Å². The molecule has 2 atom stereocenters. The molecule has 2 saturated heterocycles. The Hall–Kier alpha value is -3.16. The standard InChI is InChI=1S/C30H36N4O3/c1-20(2)21-8-10-22(11-9-21)29-28-24(23-6-3-4-7-25(23)31-28)18-26-30(36)33(19-27(35)34(26)29)13-5-12-32-14-16-37-17-15-32/h3-4,6-11,20,26,29,31H,5,12-19H2,1-2H3/t26-,29+/m0/s1. The van der Waals surface area contributed by atoms with Crippen molar-refractivity contribution in [3.05, 3.63) is 70.9 Å². The Kier molecular flexibility index (Phi) is 6.51. The van der Waals surface area contributed by atoms with E-state index in [1.54, 1.807) is 4.90 Å². The van der Waals surface area contributed by atoms with E-state index in [9.17, 15) is 9.59 Å². The van der Waals surface area contributed by atoms with Crippen LogP contribution in [0.25, 0.3) is 10.9 Å². The molecular formula is C30H36N4O3. The largest absolute Gasteiger partial charge is 0.379 e. The molecule has 0 unspecified atom stereocenters. The summed E-state index contributed by atoms with van der Waals surface area (Å²) in [6.45, 7) is 9.45. The number of nitrogens with one attached hydrogen (secondary N) is 1. The molecular weight excluding hydrogens is 464 g/mol. The Morgan fingerprint density at radius 2 is 1.76 bits per heavy atom. The summed E-state index contributed by atoms with van der Waals surface area (Å²) in [5.41, 5.74) is 5.56. The number of amides is 2. The van der Waals surface area contributed by atoms with Gasteiger partial charge < -0.3 is 19.5 Å². The molecule has 1 N–H and O–H groups in total. The highest BCUT2D eigenvalue weighted by Gasteiger charge is 2.48. The summed E-state index contributed by atoms with van der Waals surface area (Å²) >= 11 is 0. The molecule has 2 fully saturated rings. The Balaban J connectivity index is 1.31. The summed E-state index contributed by atoms with van der Waals surface area (Å²) in [6, 6.07) is 16.0. The van der Waals surface area contributed by atoms with Gasteiger partial charge in [-0.05, 0) is 35.1 Å². The van der Waals surface area contributed by atoms with Crippen LogP contribution in [0.15, 0.2) is 48.5 Å². The SMILES string of the molecule is CC(C)c1ccc([C@@H]2c3[nH]c4ccccc4c3C[C@H]3C(=O)N(CCCN4CCOCC4)CC(=O)N23)cc1. The van der Waals surface area contributed by atoms with Crippen LogP contribution < -0.4 is 0 Å². The van der Waals surface area contributed by atoms with Gasteiger partial charge in [0.1, 0.15) is 6.04 Å². The van der Waals surface area contributed by atoms with Crippen molar-refractivity contribution in [1.29, 1.82) is 0 Å². The first kappa shape index (κ1) is 24.2. The fourth-order valence-electron chi connectivity index (χ4n) is 6.23. The lowest BCUT2D eigenvalue weighted by atomic mass is 9.85. The number of aromatic amines is 1. The predicted molar refractivity (Wildman–Crippen MR) is 143 cm³/mol. The molecule has 3 aromatic rings. The van der Waals surface area contributed by atoms with Gasteiger partial charge in [-0.2, -0.15) is 0 Å². The average molecular weight is 501 g/mol. The van der Waals surface area contributed by atoms with Gasteiger partial charge in [0, 0.05) is 49.2 Å². The first-order valence-corrected chi connectivity index (χ1v) is 13.6. The molecule has 0 radical (unpaired) electrons. The van der Waals surface area contributed by atoms with Gasteiger partial charge in [0.15, 0.2) is 0 Å². The van der Waals surface area contributed by atoms with E-state index in [1.165, 1.54) is 5.56 Å². The average Bonchev–Trinajstić information content (AvgIpc) is 3.29. The van der Waals surface area contributed by atoms with E-state index in [2.05, 4.69) is 60.1 Å². The number of rotatable bonds is 6. The third-order valence-corrected chi connectivity index (χ3v) is 8.27. The number of para-hydroxylation sites is 1. The van der Waals surface area contributed by atoms with Crippen LogP contribution in [0, 0.1) is 0 Å². The second-order valence-electron chi connectivity index (χ2n) is 10.9. The Morgan fingerprint density at radius 1 is 1.00 bits per heavy atom. The molecule has 1 aromatic heterocycles. The third kappa shape index (κ3) is 4.44. The topological polar surface area (TPSA) is 68.9 Å². The van der Waals surface area contributed by atoms with Crippen molar-refractivity contribution in [3.63, 3.8) is 0 Å². The molecule has 6 rings (SSSR count). The van der Waals surface area contributed by atoms with Crippen LogP contribution in [0.3, 0.4) is 0 Å². The molecule has 2 aromatic carbocycles. The maximum absolute atomic E-state index is 13.9. The van der Waals surface area contributed by atoms with Gasteiger partial charge >= 0.3 is 0 Å². The lowest BCUT2D eigenvalue weighted by molar-refractivity contribution is -0.158. The number of H-pyrrole nitrogens is 1. The summed E-state index contributed by atoms with van der Waals surface area (Å²) in [5.74, 6) is 0.528. The lowest BCUT2D eigenvalue weighted by Gasteiger charge is -2.47. The van der Waals surface area contributed by atoms with E-state index in [4.69, 9.17) is 4.74 Å². The second-order valence-corrected chi connectivity index (χ2v) is 10.9. The van der Waals surface area contributed by atoms with Crippen molar-refractivity contribution in [2.75, 3.05) is 45.9 Å². The lowest BCUT2D eigenvalue weighted by Crippen LogP contribution is -2.63. The molecule has 7 heteroatoms. The second kappa shape index (κ2) is 9.95. The summed E-state index contributed by atoms with van der Waals surface area (Å²) in [4.78, 5) is 37.2. The minimum atomic E-state index is -0.480. The normalized spacial score (nSPS) is 22.6. The first-order chi connectivity index (χ1) is 18.0. The molecule has 0 saturated carbocycles. The Morgan fingerprint density at radius 3 is 2.51 bits per heavy atom. The number of morpholine rings is 1. The maximum Gasteiger partial charge on any atom is 0.246 e. The fraction of sp³-hybridized carbons (Fsp3) is 0.467. The number of aromatic nitrogens is 1. The van der Waals surface area contributed by atoms with Crippen molar-refractivity contribution in [2.24, 2.45) is 0 Å². The van der Waals surface area contributed by atoms with Crippen molar-refractivity contribution < 1.29 is 14.3 Å². The maximum atomic E-state index is 13.9. The van der Waals surface area contributed by atoms with E-state index in [0.29, 0.717) is 18.9 Å². The van der Waals surface area contributed by atoms with E-state index >= 15 is 0 Å². The summed E-state index contributed by atoms with van der Waals surface area (Å²) in [6.07, 6.45) is 1.41. The van der Waals surface area contributed by atoms with Crippen LogP contribution >= 0.6 is 0 Å². The van der Waals surface area contributed by atoms with E-state index in [0.717, 1.165) is 67.0 Å². The van der Waals surface area contributed by atoms with Gasteiger partial charge in [-0.1, -0.05) is 56.3 Å². The highest BCUT2D eigenvalue weighted by atomic mass is 16.5. The van der Waals surface area contributed by atoms with E-state index in [-0.39, 0.29) is 24.4 Å². The Bertz CT molecular complexity index is 1290. The predicted octanol–water partition coefficient (Wildman–Crippen LogP) is 3.70. The van der Waals surface area contributed by atoms with Crippen LogP contribution in [0.5, 0.6) is 0 Å². The van der Waals surface area contributed by atoms with Crippen LogP contribution in [0.1, 0.15) is 54.6 Å². The minimum absolute atomic E-state index is 0.0261. The number of hydrogen-bond acceptors (Lipinski definition) is 4. The van der Waals surface area contributed by atoms with E-state index in [1.807, 2.05) is 17.0 Å². The van der Waals surface area contributed by atoms with Gasteiger partial charge in [-0.25, -0.2) is 0 Å². The van der Waals surface area contributed by atoms with Crippen LogP contribution in [0.2, 0.25) is 0 Å². The van der Waals surface area contributed by atoms with Gasteiger partial charge in [0.05, 0.1) is 25.8 Å². The molecule has 4 heterocycles. The number of hydrogen-bond donors (Lipinski definition) is 1. The molecule has 3 aliphatic rings. The smallest absolute Gasteiger partial charge is 0.246 e. The number of ether oxygens (including phenoxy) is 1. The van der Waals surface area contributed by atoms with Crippen molar-refractivity contribution in [3.8, 4) is 0 Å². The summed E-state index contributed by atoms with van der Waals surface area (Å²) < 4.78 is 5.44. The Labute approximate surface area is 218 Å². The molecule has 194 valence electrons. The van der Waals surface area contributed by atoms with Crippen molar-refractivity contribution in [2.45, 2.75) is 44.7 Å². The molecule has 0 aliphatic carbocycles. The molecule has 0 spiro atoms.